The number of hydrogen-bond acceptors (Lipinski definition) is 8. The Morgan fingerprint density at radius 1 is 0.597 bits per heavy atom. The minimum atomic E-state index is -1.20. The van der Waals surface area contributed by atoms with Crippen LogP contribution in [0.15, 0.2) is 109 Å². The van der Waals surface area contributed by atoms with Gasteiger partial charge in [0.2, 0.25) is 23.6 Å². The van der Waals surface area contributed by atoms with E-state index in [2.05, 4.69) is 51.0 Å². The summed E-state index contributed by atoms with van der Waals surface area (Å²) in [5.74, 6) is -3.81. The van der Waals surface area contributed by atoms with Gasteiger partial charge in [-0.25, -0.2) is 0 Å². The molecule has 5 rings (SSSR count). The number of carbonyl (C=O) groups is 6. The van der Waals surface area contributed by atoms with E-state index in [1.54, 1.807) is 55.6 Å². The highest BCUT2D eigenvalue weighted by Crippen LogP contribution is 2.21. The average molecular weight is 845 g/mol. The summed E-state index contributed by atoms with van der Waals surface area (Å²) in [5.41, 5.74) is 15.9. The molecule has 1 heterocycles. The van der Waals surface area contributed by atoms with Gasteiger partial charge in [-0.05, 0) is 78.6 Å². The molecule has 0 aliphatic rings. The summed E-state index contributed by atoms with van der Waals surface area (Å²) in [7, 11) is 0. The summed E-state index contributed by atoms with van der Waals surface area (Å²) in [4.78, 5) is 83.2. The SMILES string of the molecule is CC(C)Cc1ccc(C(C)C(=O)N[C@H](Cc2c[nH]c3ccccc23)C(=O)NNC(=O)[C@H](Cc2ccccc2)NC(=O)CNC(=O)[C@H](C)NC(=O)[C@@H](N)Cc2ccc(O)cc2)cc1. The number of hydrogen-bond donors (Lipinski definition) is 9. The molecule has 1 unspecified atom stereocenters. The molecule has 0 aliphatic heterocycles. The molecule has 0 bridgehead atoms. The lowest BCUT2D eigenvalue weighted by atomic mass is 9.95. The van der Waals surface area contributed by atoms with Crippen molar-refractivity contribution in [1.82, 2.24) is 37.1 Å². The fourth-order valence-electron chi connectivity index (χ4n) is 6.88. The number of phenolic OH excluding ortho intramolecular Hbond substituents is 1. The summed E-state index contributed by atoms with van der Waals surface area (Å²) in [6, 6.07) is 26.2. The van der Waals surface area contributed by atoms with Crippen LogP contribution >= 0.6 is 0 Å². The van der Waals surface area contributed by atoms with Crippen LogP contribution in [-0.2, 0) is 54.5 Å². The summed E-state index contributed by atoms with van der Waals surface area (Å²) >= 11 is 0. The average Bonchev–Trinajstić information content (AvgIpc) is 3.67. The summed E-state index contributed by atoms with van der Waals surface area (Å²) in [5, 5.41) is 20.9. The predicted molar refractivity (Wildman–Crippen MR) is 236 cm³/mol. The number of aromatic nitrogens is 1. The molecule has 0 radical (unpaired) electrons. The van der Waals surface area contributed by atoms with Gasteiger partial charge in [0.15, 0.2) is 0 Å². The lowest BCUT2D eigenvalue weighted by molar-refractivity contribution is -0.134. The second-order valence-electron chi connectivity index (χ2n) is 15.9. The number of hydrazine groups is 1. The van der Waals surface area contributed by atoms with Gasteiger partial charge in [0.1, 0.15) is 23.9 Å². The highest BCUT2D eigenvalue weighted by molar-refractivity contribution is 5.95. The first-order valence-corrected chi connectivity index (χ1v) is 20.7. The number of amides is 6. The van der Waals surface area contributed by atoms with Crippen molar-refractivity contribution in [2.24, 2.45) is 11.7 Å². The van der Waals surface area contributed by atoms with Gasteiger partial charge in [-0.15, -0.1) is 0 Å². The van der Waals surface area contributed by atoms with Gasteiger partial charge in [-0.2, -0.15) is 0 Å². The van der Waals surface area contributed by atoms with E-state index in [9.17, 15) is 33.9 Å². The lowest BCUT2D eigenvalue weighted by Crippen LogP contribution is -2.58. The van der Waals surface area contributed by atoms with Gasteiger partial charge >= 0.3 is 0 Å². The Morgan fingerprint density at radius 2 is 1.18 bits per heavy atom. The number of para-hydroxylation sites is 1. The van der Waals surface area contributed by atoms with Gasteiger partial charge < -0.3 is 37.1 Å². The summed E-state index contributed by atoms with van der Waals surface area (Å²) < 4.78 is 0. The first-order valence-electron chi connectivity index (χ1n) is 20.7. The smallest absolute Gasteiger partial charge is 0.261 e. The minimum absolute atomic E-state index is 0.0383. The first kappa shape index (κ1) is 46.1. The number of rotatable bonds is 19. The molecule has 4 aromatic carbocycles. The normalized spacial score (nSPS) is 13.5. The van der Waals surface area contributed by atoms with Crippen molar-refractivity contribution in [3.63, 3.8) is 0 Å². The fraction of sp³-hybridized carbons (Fsp3) is 0.319. The summed E-state index contributed by atoms with van der Waals surface area (Å²) in [6.07, 6.45) is 2.99. The standard InChI is InChI=1S/C47H56N8O7/c1-28(2)22-32-14-18-34(19-15-32)29(3)43(58)53-41(25-35-26-49-39-13-9-8-12-37(35)39)47(62)55-54-46(61)40(24-31-10-6-5-7-11-31)52-42(57)27-50-44(59)30(4)51-45(60)38(48)23-33-16-20-36(56)21-17-33/h5-21,26,28-30,38,40-41,49,56H,22-25,27,48H2,1-4H3,(H,50,59)(H,51,60)(H,52,57)(H,53,58)(H,54,61)(H,55,62)/t29?,30-,38-,40-,41+/m0/s1. The van der Waals surface area contributed by atoms with E-state index >= 15 is 0 Å². The Kier molecular flexibility index (Phi) is 16.4. The van der Waals surface area contributed by atoms with E-state index in [0.29, 0.717) is 17.0 Å². The van der Waals surface area contributed by atoms with E-state index in [0.717, 1.165) is 34.0 Å². The highest BCUT2D eigenvalue weighted by atomic mass is 16.3. The van der Waals surface area contributed by atoms with Crippen LogP contribution in [0.25, 0.3) is 10.9 Å². The number of aromatic hydroxyl groups is 1. The Labute approximate surface area is 361 Å². The Balaban J connectivity index is 1.21. The van der Waals surface area contributed by atoms with Crippen LogP contribution in [0.1, 0.15) is 61.4 Å². The molecule has 10 N–H and O–H groups in total. The maximum Gasteiger partial charge on any atom is 0.261 e. The van der Waals surface area contributed by atoms with Crippen LogP contribution in [0.5, 0.6) is 5.75 Å². The molecule has 326 valence electrons. The van der Waals surface area contributed by atoms with Crippen LogP contribution in [0.2, 0.25) is 0 Å². The topological polar surface area (TPSA) is 237 Å². The molecule has 0 aliphatic carbocycles. The third-order valence-electron chi connectivity index (χ3n) is 10.4. The maximum absolute atomic E-state index is 13.9. The number of aromatic amines is 1. The molecule has 0 saturated carbocycles. The van der Waals surface area contributed by atoms with Crippen molar-refractivity contribution in [2.75, 3.05) is 6.54 Å². The maximum atomic E-state index is 13.9. The van der Waals surface area contributed by atoms with E-state index < -0.39 is 66.2 Å². The van der Waals surface area contributed by atoms with Crippen molar-refractivity contribution in [3.05, 3.63) is 137 Å². The van der Waals surface area contributed by atoms with Crippen LogP contribution in [0.3, 0.4) is 0 Å². The predicted octanol–water partition coefficient (Wildman–Crippen LogP) is 2.97. The van der Waals surface area contributed by atoms with Crippen LogP contribution in [0, 0.1) is 5.92 Å². The molecule has 6 amide bonds. The van der Waals surface area contributed by atoms with Crippen molar-refractivity contribution in [1.29, 1.82) is 0 Å². The third kappa shape index (κ3) is 13.5. The molecular formula is C47H56N8O7. The molecule has 62 heavy (non-hydrogen) atoms. The number of nitrogens with two attached hydrogens (primary N) is 1. The second kappa shape index (κ2) is 22.0. The number of H-pyrrole nitrogens is 1. The Bertz CT molecular complexity index is 2310. The zero-order chi connectivity index (χ0) is 44.8. The number of phenols is 1. The molecule has 0 fully saturated rings. The van der Waals surface area contributed by atoms with Crippen molar-refractivity contribution in [3.8, 4) is 5.75 Å². The number of benzene rings is 4. The van der Waals surface area contributed by atoms with Crippen LogP contribution in [-0.4, -0.2) is 76.2 Å². The summed E-state index contributed by atoms with van der Waals surface area (Å²) in [6.45, 7) is 6.96. The van der Waals surface area contributed by atoms with Gasteiger partial charge in [-0.3, -0.25) is 39.6 Å². The minimum Gasteiger partial charge on any atom is -0.508 e. The molecule has 15 nitrogen and oxygen atoms in total. The molecular weight excluding hydrogens is 789 g/mol. The molecule has 5 aromatic rings. The fourth-order valence-corrected chi connectivity index (χ4v) is 6.88. The third-order valence-corrected chi connectivity index (χ3v) is 10.4. The Hall–Kier alpha value is -7.00. The number of nitrogens with one attached hydrogen (secondary N) is 7. The Morgan fingerprint density at radius 3 is 1.84 bits per heavy atom. The molecule has 1 aromatic heterocycles. The van der Waals surface area contributed by atoms with Gasteiger partial charge in [0.25, 0.3) is 11.8 Å². The molecule has 15 heteroatoms. The van der Waals surface area contributed by atoms with Crippen molar-refractivity contribution in [2.45, 2.75) is 83.5 Å². The highest BCUT2D eigenvalue weighted by Gasteiger charge is 2.28. The largest absolute Gasteiger partial charge is 0.508 e. The van der Waals surface area contributed by atoms with Gasteiger partial charge in [0.05, 0.1) is 18.5 Å². The van der Waals surface area contributed by atoms with E-state index in [1.807, 2.05) is 48.5 Å². The number of carbonyl (C=O) groups excluding carboxylic acids is 6. The molecule has 0 spiro atoms. The number of fused-ring (bicyclic) bond motifs is 1. The first-order chi connectivity index (χ1) is 29.7. The second-order valence-corrected chi connectivity index (χ2v) is 15.9. The van der Waals surface area contributed by atoms with Crippen LogP contribution in [0.4, 0.5) is 0 Å². The van der Waals surface area contributed by atoms with E-state index in [1.165, 1.54) is 19.1 Å². The molecule has 0 saturated heterocycles. The zero-order valence-corrected chi connectivity index (χ0v) is 35.4. The van der Waals surface area contributed by atoms with E-state index in [4.69, 9.17) is 5.73 Å². The van der Waals surface area contributed by atoms with E-state index in [-0.39, 0.29) is 30.9 Å². The van der Waals surface area contributed by atoms with Crippen molar-refractivity contribution >= 4 is 46.3 Å². The van der Waals surface area contributed by atoms with Gasteiger partial charge in [-0.1, -0.05) is 98.8 Å². The zero-order valence-electron chi connectivity index (χ0n) is 35.4. The monoisotopic (exact) mass is 844 g/mol. The molecule has 5 atom stereocenters. The van der Waals surface area contributed by atoms with Gasteiger partial charge in [0, 0.05) is 29.9 Å². The quantitative estimate of drug-likeness (QED) is 0.0559. The van der Waals surface area contributed by atoms with Crippen molar-refractivity contribution < 1.29 is 33.9 Å². The lowest BCUT2D eigenvalue weighted by Gasteiger charge is -2.23. The van der Waals surface area contributed by atoms with Crippen LogP contribution < -0.4 is 37.9 Å².